The predicted molar refractivity (Wildman–Crippen MR) is 25.5 cm³/mol. The summed E-state index contributed by atoms with van der Waals surface area (Å²) in [5, 5.41) is 10.4. The summed E-state index contributed by atoms with van der Waals surface area (Å²) in [5.74, 6) is -0.353. The quantitative estimate of drug-likeness (QED) is 0.466. The van der Waals surface area contributed by atoms with E-state index in [-0.39, 0.29) is 12.5 Å². The largest absolute Gasteiger partial charge is 0.395 e. The molecule has 0 aromatic carbocycles. The summed E-state index contributed by atoms with van der Waals surface area (Å²) < 4.78 is 0. The van der Waals surface area contributed by atoms with Crippen molar-refractivity contribution in [3.05, 3.63) is 6.92 Å². The number of aliphatic hydroxyl groups excluding tert-OH is 1. The summed E-state index contributed by atoms with van der Waals surface area (Å²) in [5.41, 5.74) is 0. The minimum atomic E-state index is -0.353. The van der Waals surface area contributed by atoms with Crippen LogP contribution in [0.5, 0.6) is 0 Å². The Kier molecular flexibility index (Phi) is 3.32. The maximum Gasteiger partial charge on any atom is 0.220 e. The number of hydrogen-bond donors (Lipinski definition) is 2. The Hall–Kier alpha value is -0.570. The maximum atomic E-state index is 9.87. The molecule has 0 aliphatic carbocycles. The van der Waals surface area contributed by atoms with Gasteiger partial charge < -0.3 is 10.4 Å². The lowest BCUT2D eigenvalue weighted by atomic mass is 10.6. The molecule has 0 unspecified atom stereocenters. The molecule has 0 saturated heterocycles. The van der Waals surface area contributed by atoms with Gasteiger partial charge in [-0.05, 0) is 0 Å². The SMILES string of the molecule is [CH2]C(=O)NCCO. The Bertz CT molecular complexity index is 62.7. The van der Waals surface area contributed by atoms with Crippen LogP contribution in [0.15, 0.2) is 0 Å². The molecule has 0 atom stereocenters. The molecular weight excluding hydrogens is 94.0 g/mol. The average molecular weight is 102 g/mol. The summed E-state index contributed by atoms with van der Waals surface area (Å²) >= 11 is 0. The Morgan fingerprint density at radius 1 is 1.86 bits per heavy atom. The van der Waals surface area contributed by atoms with E-state index in [4.69, 9.17) is 5.11 Å². The molecule has 3 nitrogen and oxygen atoms in total. The molecule has 0 aliphatic heterocycles. The lowest BCUT2D eigenvalue weighted by Crippen LogP contribution is -2.23. The van der Waals surface area contributed by atoms with Crippen molar-refractivity contribution in [3.63, 3.8) is 0 Å². The third-order valence-corrected chi connectivity index (χ3v) is 0.434. The molecule has 1 amide bonds. The molecule has 0 spiro atoms. The van der Waals surface area contributed by atoms with E-state index in [2.05, 4.69) is 12.2 Å². The number of carbonyl (C=O) groups is 1. The predicted octanol–water partition coefficient (Wildman–Crippen LogP) is -1.07. The number of aliphatic hydroxyl groups is 1. The smallest absolute Gasteiger partial charge is 0.220 e. The third kappa shape index (κ3) is 5.43. The highest BCUT2D eigenvalue weighted by molar-refractivity contribution is 5.79. The van der Waals surface area contributed by atoms with Gasteiger partial charge in [0.15, 0.2) is 0 Å². The van der Waals surface area contributed by atoms with Crippen molar-refractivity contribution in [3.8, 4) is 0 Å². The molecule has 2 N–H and O–H groups in total. The number of nitrogens with one attached hydrogen (secondary N) is 1. The van der Waals surface area contributed by atoms with Crippen LogP contribution < -0.4 is 5.32 Å². The molecule has 0 rings (SSSR count). The van der Waals surface area contributed by atoms with E-state index in [1.807, 2.05) is 0 Å². The van der Waals surface area contributed by atoms with Crippen LogP contribution >= 0.6 is 0 Å². The van der Waals surface area contributed by atoms with E-state index in [0.717, 1.165) is 0 Å². The molecular formula is C4H8NO2. The highest BCUT2D eigenvalue weighted by Gasteiger charge is 1.84. The Labute approximate surface area is 42.3 Å². The highest BCUT2D eigenvalue weighted by atomic mass is 16.3. The summed E-state index contributed by atoms with van der Waals surface area (Å²) in [6.07, 6.45) is 0. The molecule has 0 bridgehead atoms. The lowest BCUT2D eigenvalue weighted by Gasteiger charge is -1.92. The summed E-state index contributed by atoms with van der Waals surface area (Å²) in [4.78, 5) is 9.87. The molecule has 0 heterocycles. The zero-order chi connectivity index (χ0) is 5.70. The summed E-state index contributed by atoms with van der Waals surface area (Å²) in [6.45, 7) is 3.28. The Morgan fingerprint density at radius 3 is 2.57 bits per heavy atom. The van der Waals surface area contributed by atoms with Crippen molar-refractivity contribution in [2.45, 2.75) is 0 Å². The molecule has 1 radical (unpaired) electrons. The van der Waals surface area contributed by atoms with Gasteiger partial charge in [-0.3, -0.25) is 4.79 Å². The molecule has 0 aromatic heterocycles. The fraction of sp³-hybridized carbons (Fsp3) is 0.500. The van der Waals surface area contributed by atoms with Crippen LogP contribution in [-0.4, -0.2) is 24.2 Å². The number of rotatable bonds is 2. The van der Waals surface area contributed by atoms with Gasteiger partial charge >= 0.3 is 0 Å². The molecule has 3 heteroatoms. The standard InChI is InChI=1S/C4H8NO2/c1-4(7)5-2-3-6/h6H,1-3H2,(H,5,7). The second-order valence-electron chi connectivity index (χ2n) is 1.07. The first-order valence-electron chi connectivity index (χ1n) is 1.98. The molecule has 0 aromatic rings. The third-order valence-electron chi connectivity index (χ3n) is 0.434. The average Bonchev–Trinajstić information content (AvgIpc) is 1.61. The van der Waals surface area contributed by atoms with Crippen LogP contribution in [0, 0.1) is 6.92 Å². The van der Waals surface area contributed by atoms with Crippen LogP contribution in [-0.2, 0) is 4.79 Å². The minimum absolute atomic E-state index is 0.0265. The molecule has 0 fully saturated rings. The minimum Gasteiger partial charge on any atom is -0.395 e. The zero-order valence-corrected chi connectivity index (χ0v) is 3.98. The van der Waals surface area contributed by atoms with Crippen molar-refractivity contribution < 1.29 is 9.90 Å². The first-order chi connectivity index (χ1) is 3.27. The molecule has 0 saturated carbocycles. The fourth-order valence-electron chi connectivity index (χ4n) is 0.195. The number of carbonyl (C=O) groups excluding carboxylic acids is 1. The van der Waals surface area contributed by atoms with Gasteiger partial charge in [0.05, 0.1) is 6.61 Å². The maximum absolute atomic E-state index is 9.87. The summed E-state index contributed by atoms with van der Waals surface area (Å²) in [6, 6.07) is 0. The van der Waals surface area contributed by atoms with Crippen LogP contribution in [0.25, 0.3) is 0 Å². The van der Waals surface area contributed by atoms with Crippen LogP contribution in [0.3, 0.4) is 0 Å². The first kappa shape index (κ1) is 6.43. The van der Waals surface area contributed by atoms with Crippen molar-refractivity contribution in [1.82, 2.24) is 5.32 Å². The number of amides is 1. The Morgan fingerprint density at radius 2 is 2.43 bits per heavy atom. The van der Waals surface area contributed by atoms with Gasteiger partial charge in [-0.25, -0.2) is 0 Å². The van der Waals surface area contributed by atoms with Gasteiger partial charge in [-0.1, -0.05) is 0 Å². The lowest BCUT2D eigenvalue weighted by molar-refractivity contribution is -0.116. The second-order valence-corrected chi connectivity index (χ2v) is 1.07. The van der Waals surface area contributed by atoms with Gasteiger partial charge in [0.2, 0.25) is 5.91 Å². The van der Waals surface area contributed by atoms with Gasteiger partial charge in [0.1, 0.15) is 0 Å². The van der Waals surface area contributed by atoms with E-state index in [1.165, 1.54) is 0 Å². The van der Waals surface area contributed by atoms with Gasteiger partial charge in [0, 0.05) is 13.5 Å². The topological polar surface area (TPSA) is 49.3 Å². The van der Waals surface area contributed by atoms with E-state index in [9.17, 15) is 4.79 Å². The van der Waals surface area contributed by atoms with E-state index < -0.39 is 0 Å². The van der Waals surface area contributed by atoms with Crippen LogP contribution in [0.4, 0.5) is 0 Å². The van der Waals surface area contributed by atoms with Crippen molar-refractivity contribution in [2.24, 2.45) is 0 Å². The van der Waals surface area contributed by atoms with E-state index in [1.54, 1.807) is 0 Å². The normalized spacial score (nSPS) is 8.29. The van der Waals surface area contributed by atoms with E-state index >= 15 is 0 Å². The molecule has 7 heavy (non-hydrogen) atoms. The highest BCUT2D eigenvalue weighted by Crippen LogP contribution is 1.55. The van der Waals surface area contributed by atoms with Crippen LogP contribution in [0.2, 0.25) is 0 Å². The Balaban J connectivity index is 2.82. The zero-order valence-electron chi connectivity index (χ0n) is 3.98. The van der Waals surface area contributed by atoms with Gasteiger partial charge in [0.25, 0.3) is 0 Å². The van der Waals surface area contributed by atoms with E-state index in [0.29, 0.717) is 6.54 Å². The van der Waals surface area contributed by atoms with Crippen LogP contribution in [0.1, 0.15) is 0 Å². The summed E-state index contributed by atoms with van der Waals surface area (Å²) in [7, 11) is 0. The van der Waals surface area contributed by atoms with Crippen molar-refractivity contribution >= 4 is 5.91 Å². The van der Waals surface area contributed by atoms with Gasteiger partial charge in [-0.2, -0.15) is 0 Å². The van der Waals surface area contributed by atoms with Crippen molar-refractivity contribution in [1.29, 1.82) is 0 Å². The fourth-order valence-corrected chi connectivity index (χ4v) is 0.195. The van der Waals surface area contributed by atoms with Gasteiger partial charge in [-0.15, -0.1) is 0 Å². The number of hydrogen-bond acceptors (Lipinski definition) is 2. The van der Waals surface area contributed by atoms with Crippen molar-refractivity contribution in [2.75, 3.05) is 13.2 Å². The molecule has 0 aliphatic rings. The molecule has 41 valence electrons. The monoisotopic (exact) mass is 102 g/mol. The first-order valence-corrected chi connectivity index (χ1v) is 1.98. The second kappa shape index (κ2) is 3.61.